The molecule has 0 aliphatic carbocycles. The van der Waals surface area contributed by atoms with E-state index in [4.69, 9.17) is 14.4 Å². The highest BCUT2D eigenvalue weighted by Gasteiger charge is 2.18. The van der Waals surface area contributed by atoms with Crippen molar-refractivity contribution in [3.63, 3.8) is 0 Å². The third-order valence-corrected chi connectivity index (χ3v) is 5.77. The summed E-state index contributed by atoms with van der Waals surface area (Å²) in [6, 6.07) is 22.3. The van der Waals surface area contributed by atoms with E-state index in [-0.39, 0.29) is 0 Å². The topological polar surface area (TPSA) is 69.6 Å². The molecule has 0 radical (unpaired) electrons. The number of hydrogen-bond acceptors (Lipinski definition) is 5. The average Bonchev–Trinajstić information content (AvgIpc) is 3.40. The zero-order chi connectivity index (χ0) is 22.4. The number of benzene rings is 3. The monoisotopic (exact) mass is 431 g/mol. The van der Waals surface area contributed by atoms with Gasteiger partial charge >= 0.3 is 0 Å². The smallest absolute Gasteiger partial charge is 0.240 e. The molecule has 6 aromatic rings. The molecular formula is C27H21N5O. The highest BCUT2D eigenvalue weighted by atomic mass is 16.4. The molecule has 3 aromatic heterocycles. The van der Waals surface area contributed by atoms with Crippen molar-refractivity contribution < 1.29 is 4.42 Å². The Kier molecular flexibility index (Phi) is 4.50. The molecule has 6 rings (SSSR count). The first-order chi connectivity index (χ1) is 16.2. The largest absolute Gasteiger partial charge is 0.419 e. The maximum atomic E-state index is 5.95. The molecule has 0 saturated carbocycles. The summed E-state index contributed by atoms with van der Waals surface area (Å²) in [4.78, 5) is 9.92. The Morgan fingerprint density at radius 2 is 1.61 bits per heavy atom. The van der Waals surface area contributed by atoms with Crippen molar-refractivity contribution in [3.05, 3.63) is 95.2 Å². The number of rotatable bonds is 4. The molecule has 0 aliphatic heterocycles. The van der Waals surface area contributed by atoms with E-state index < -0.39 is 0 Å². The molecular weight excluding hydrogens is 410 g/mol. The summed E-state index contributed by atoms with van der Waals surface area (Å²) in [5.41, 5.74) is 7.97. The van der Waals surface area contributed by atoms with Crippen LogP contribution >= 0.6 is 0 Å². The van der Waals surface area contributed by atoms with Crippen molar-refractivity contribution in [2.24, 2.45) is 0 Å². The van der Waals surface area contributed by atoms with Crippen LogP contribution in [0.15, 0.2) is 71.1 Å². The van der Waals surface area contributed by atoms with E-state index in [1.807, 2.05) is 66.7 Å². The summed E-state index contributed by atoms with van der Waals surface area (Å²) < 4.78 is 8.09. The lowest BCUT2D eigenvalue weighted by Crippen LogP contribution is -2.02. The third-order valence-electron chi connectivity index (χ3n) is 5.77. The van der Waals surface area contributed by atoms with E-state index in [0.29, 0.717) is 18.3 Å². The summed E-state index contributed by atoms with van der Waals surface area (Å²) in [5.74, 6) is 0.996. The SMILES string of the molecule is Cc1cc(C)c2c(c1)c1nc3ccccc3nc1n2Cc1nnc(C=Cc2ccccc2)o1. The average molecular weight is 431 g/mol. The van der Waals surface area contributed by atoms with E-state index in [9.17, 15) is 0 Å². The van der Waals surface area contributed by atoms with Crippen LogP contribution < -0.4 is 0 Å². The summed E-state index contributed by atoms with van der Waals surface area (Å²) in [6.07, 6.45) is 3.79. The molecule has 0 unspecified atom stereocenters. The van der Waals surface area contributed by atoms with Gasteiger partial charge in [-0.1, -0.05) is 54.1 Å². The first kappa shape index (κ1) is 19.4. The molecule has 0 amide bonds. The molecule has 0 bridgehead atoms. The van der Waals surface area contributed by atoms with Gasteiger partial charge in [0.05, 0.1) is 16.6 Å². The predicted octanol–water partition coefficient (Wildman–Crippen LogP) is 5.96. The second kappa shape index (κ2) is 7.67. The van der Waals surface area contributed by atoms with E-state index in [0.717, 1.165) is 44.2 Å². The second-order valence-corrected chi connectivity index (χ2v) is 8.23. The third kappa shape index (κ3) is 3.46. The van der Waals surface area contributed by atoms with Crippen LogP contribution in [0.4, 0.5) is 0 Å². The van der Waals surface area contributed by atoms with Crippen LogP contribution in [0.25, 0.3) is 45.3 Å². The number of hydrogen-bond donors (Lipinski definition) is 0. The van der Waals surface area contributed by atoms with Crippen LogP contribution in [0.1, 0.15) is 28.5 Å². The Morgan fingerprint density at radius 3 is 2.42 bits per heavy atom. The minimum atomic E-state index is 0.420. The number of aryl methyl sites for hydroxylation is 2. The quantitative estimate of drug-likeness (QED) is 0.345. The highest BCUT2D eigenvalue weighted by Crippen LogP contribution is 2.32. The first-order valence-electron chi connectivity index (χ1n) is 10.9. The van der Waals surface area contributed by atoms with E-state index in [1.165, 1.54) is 5.56 Å². The molecule has 0 atom stereocenters. The van der Waals surface area contributed by atoms with E-state index in [2.05, 4.69) is 40.7 Å². The zero-order valence-electron chi connectivity index (χ0n) is 18.4. The number of aromatic nitrogens is 5. The van der Waals surface area contributed by atoms with Gasteiger partial charge < -0.3 is 8.98 Å². The fraction of sp³-hybridized carbons (Fsp3) is 0.111. The molecule has 3 heterocycles. The van der Waals surface area contributed by atoms with Crippen molar-refractivity contribution in [1.82, 2.24) is 24.7 Å². The van der Waals surface area contributed by atoms with Crippen molar-refractivity contribution >= 4 is 45.3 Å². The van der Waals surface area contributed by atoms with Crippen LogP contribution in [-0.2, 0) is 6.54 Å². The Labute approximate surface area is 190 Å². The number of nitrogens with zero attached hydrogens (tertiary/aromatic N) is 5. The Morgan fingerprint density at radius 1 is 0.848 bits per heavy atom. The number of fused-ring (bicyclic) bond motifs is 4. The van der Waals surface area contributed by atoms with E-state index in [1.54, 1.807) is 0 Å². The first-order valence-corrected chi connectivity index (χ1v) is 10.9. The Hall–Kier alpha value is -4.32. The minimum Gasteiger partial charge on any atom is -0.419 e. The van der Waals surface area contributed by atoms with Crippen molar-refractivity contribution in [2.45, 2.75) is 20.4 Å². The van der Waals surface area contributed by atoms with Gasteiger partial charge in [0.25, 0.3) is 0 Å². The summed E-state index contributed by atoms with van der Waals surface area (Å²) in [6.45, 7) is 4.64. The summed E-state index contributed by atoms with van der Waals surface area (Å²) in [5, 5.41) is 9.58. The highest BCUT2D eigenvalue weighted by molar-refractivity contribution is 6.07. The fourth-order valence-electron chi connectivity index (χ4n) is 4.38. The lowest BCUT2D eigenvalue weighted by Gasteiger charge is -2.06. The van der Waals surface area contributed by atoms with Crippen LogP contribution in [0, 0.1) is 13.8 Å². The van der Waals surface area contributed by atoms with Gasteiger partial charge in [-0.3, -0.25) is 0 Å². The second-order valence-electron chi connectivity index (χ2n) is 8.23. The van der Waals surface area contributed by atoms with Crippen LogP contribution in [0.5, 0.6) is 0 Å². The van der Waals surface area contributed by atoms with Gasteiger partial charge in [0.1, 0.15) is 12.1 Å². The summed E-state index contributed by atoms with van der Waals surface area (Å²) in [7, 11) is 0. The summed E-state index contributed by atoms with van der Waals surface area (Å²) >= 11 is 0. The van der Waals surface area contributed by atoms with Gasteiger partial charge in [0.2, 0.25) is 11.8 Å². The van der Waals surface area contributed by atoms with Gasteiger partial charge in [-0.15, -0.1) is 10.2 Å². The fourth-order valence-corrected chi connectivity index (χ4v) is 4.38. The minimum absolute atomic E-state index is 0.420. The predicted molar refractivity (Wildman–Crippen MR) is 131 cm³/mol. The Balaban J connectivity index is 1.47. The van der Waals surface area contributed by atoms with Crippen LogP contribution in [0.2, 0.25) is 0 Å². The van der Waals surface area contributed by atoms with Crippen molar-refractivity contribution in [1.29, 1.82) is 0 Å². The lowest BCUT2D eigenvalue weighted by molar-refractivity contribution is 0.475. The van der Waals surface area contributed by atoms with Crippen molar-refractivity contribution in [3.8, 4) is 0 Å². The molecule has 3 aromatic carbocycles. The van der Waals surface area contributed by atoms with Gasteiger partial charge in [-0.25, -0.2) is 9.97 Å². The van der Waals surface area contributed by atoms with E-state index >= 15 is 0 Å². The molecule has 0 saturated heterocycles. The van der Waals surface area contributed by atoms with Gasteiger partial charge in [-0.2, -0.15) is 0 Å². The standard InChI is InChI=1S/C27H21N5O/c1-17-14-18(2)26-20(15-17)25-27(29-22-11-7-6-10-21(22)28-25)32(26)16-24-31-30-23(33-24)13-12-19-8-4-3-5-9-19/h3-15H,16H2,1-2H3. The van der Waals surface area contributed by atoms with Crippen LogP contribution in [-0.4, -0.2) is 24.7 Å². The Bertz CT molecular complexity index is 1660. The molecule has 6 heteroatoms. The van der Waals surface area contributed by atoms with Crippen molar-refractivity contribution in [2.75, 3.05) is 0 Å². The molecule has 33 heavy (non-hydrogen) atoms. The van der Waals surface area contributed by atoms with Crippen LogP contribution in [0.3, 0.4) is 0 Å². The molecule has 0 aliphatic rings. The zero-order valence-corrected chi connectivity index (χ0v) is 18.4. The van der Waals surface area contributed by atoms with Gasteiger partial charge in [0, 0.05) is 11.5 Å². The molecule has 0 fully saturated rings. The number of para-hydroxylation sites is 2. The maximum absolute atomic E-state index is 5.95. The van der Waals surface area contributed by atoms with Gasteiger partial charge in [-0.05, 0) is 49.2 Å². The maximum Gasteiger partial charge on any atom is 0.240 e. The molecule has 6 nitrogen and oxygen atoms in total. The molecule has 0 N–H and O–H groups in total. The molecule has 160 valence electrons. The molecule has 0 spiro atoms. The normalized spacial score (nSPS) is 11.9. The lowest BCUT2D eigenvalue weighted by atomic mass is 10.1. The van der Waals surface area contributed by atoms with Gasteiger partial charge in [0.15, 0.2) is 5.65 Å².